The summed E-state index contributed by atoms with van der Waals surface area (Å²) < 4.78 is 5.48. The Morgan fingerprint density at radius 3 is 2.31 bits per heavy atom. The maximum absolute atomic E-state index is 5.48. The molecule has 0 radical (unpaired) electrons. The lowest BCUT2D eigenvalue weighted by Gasteiger charge is -2.16. The SMILES string of the molecule is Cc1ccc(O[SiH3])c(C(C)C)c1C. The van der Waals surface area contributed by atoms with E-state index in [1.807, 2.05) is 0 Å². The Hall–Kier alpha value is -0.763. The van der Waals surface area contributed by atoms with E-state index in [2.05, 4.69) is 39.8 Å². The number of hydrogen-bond donors (Lipinski definition) is 0. The van der Waals surface area contributed by atoms with E-state index < -0.39 is 0 Å². The van der Waals surface area contributed by atoms with Crippen molar-refractivity contribution in [3.63, 3.8) is 0 Å². The van der Waals surface area contributed by atoms with Gasteiger partial charge < -0.3 is 4.43 Å². The highest BCUT2D eigenvalue weighted by molar-refractivity contribution is 6.00. The van der Waals surface area contributed by atoms with Gasteiger partial charge >= 0.3 is 0 Å². The number of benzene rings is 1. The minimum atomic E-state index is 0.545. The summed E-state index contributed by atoms with van der Waals surface area (Å²) in [7, 11) is 0.767. The number of rotatable bonds is 2. The van der Waals surface area contributed by atoms with E-state index in [1.54, 1.807) is 0 Å². The van der Waals surface area contributed by atoms with Crippen molar-refractivity contribution in [2.24, 2.45) is 0 Å². The number of hydrogen-bond acceptors (Lipinski definition) is 1. The second kappa shape index (κ2) is 3.96. The van der Waals surface area contributed by atoms with Crippen molar-refractivity contribution in [2.75, 3.05) is 0 Å². The van der Waals surface area contributed by atoms with Gasteiger partial charge in [0.05, 0.1) is 0 Å². The second-order valence-corrected chi connectivity index (χ2v) is 4.19. The largest absolute Gasteiger partial charge is 0.553 e. The van der Waals surface area contributed by atoms with Gasteiger partial charge in [-0.05, 0) is 42.5 Å². The molecular weight excluding hydrogens is 176 g/mol. The summed E-state index contributed by atoms with van der Waals surface area (Å²) in [5, 5.41) is 0. The second-order valence-electron chi connectivity index (χ2n) is 3.78. The molecule has 1 aromatic carbocycles. The van der Waals surface area contributed by atoms with Gasteiger partial charge in [0, 0.05) is 0 Å². The molecule has 0 heterocycles. The summed E-state index contributed by atoms with van der Waals surface area (Å²) >= 11 is 0. The molecule has 0 unspecified atom stereocenters. The Kier molecular flexibility index (Phi) is 3.15. The van der Waals surface area contributed by atoms with Crippen LogP contribution in [0, 0.1) is 13.8 Å². The van der Waals surface area contributed by atoms with Gasteiger partial charge in [-0.2, -0.15) is 0 Å². The molecule has 0 saturated carbocycles. The van der Waals surface area contributed by atoms with Crippen LogP contribution in [-0.2, 0) is 0 Å². The third-order valence-electron chi connectivity index (χ3n) is 2.54. The Morgan fingerprint density at radius 1 is 1.23 bits per heavy atom. The van der Waals surface area contributed by atoms with Crippen LogP contribution >= 0.6 is 0 Å². The van der Waals surface area contributed by atoms with Gasteiger partial charge in [-0.15, -0.1) is 0 Å². The molecule has 0 aliphatic carbocycles. The summed E-state index contributed by atoms with van der Waals surface area (Å²) in [6.07, 6.45) is 0. The predicted molar refractivity (Wildman–Crippen MR) is 60.6 cm³/mol. The summed E-state index contributed by atoms with van der Waals surface area (Å²) in [4.78, 5) is 0. The van der Waals surface area contributed by atoms with Crippen LogP contribution < -0.4 is 4.43 Å². The monoisotopic (exact) mass is 194 g/mol. The zero-order valence-electron chi connectivity index (χ0n) is 9.14. The van der Waals surface area contributed by atoms with Crippen LogP contribution in [0.3, 0.4) is 0 Å². The van der Waals surface area contributed by atoms with Gasteiger partial charge in [0.1, 0.15) is 5.75 Å². The quantitative estimate of drug-likeness (QED) is 0.655. The fourth-order valence-electron chi connectivity index (χ4n) is 1.71. The molecule has 0 aliphatic heterocycles. The molecule has 0 aliphatic rings. The van der Waals surface area contributed by atoms with E-state index in [9.17, 15) is 0 Å². The molecule has 13 heavy (non-hydrogen) atoms. The van der Waals surface area contributed by atoms with Crippen LogP contribution in [0.5, 0.6) is 5.75 Å². The molecule has 0 N–H and O–H groups in total. The standard InChI is InChI=1S/C11H18OSi/c1-7(2)11-9(4)8(3)5-6-10(11)12-13/h5-7H,1-4,13H3. The van der Waals surface area contributed by atoms with Gasteiger partial charge in [0.2, 0.25) is 10.5 Å². The molecule has 0 spiro atoms. The van der Waals surface area contributed by atoms with E-state index >= 15 is 0 Å². The highest BCUT2D eigenvalue weighted by Crippen LogP contribution is 2.30. The maximum atomic E-state index is 5.48. The van der Waals surface area contributed by atoms with Crippen molar-refractivity contribution < 1.29 is 4.43 Å². The smallest absolute Gasteiger partial charge is 0.204 e. The average Bonchev–Trinajstić information content (AvgIpc) is 2.08. The molecule has 0 saturated heterocycles. The van der Waals surface area contributed by atoms with Crippen molar-refractivity contribution in [1.82, 2.24) is 0 Å². The van der Waals surface area contributed by atoms with Gasteiger partial charge in [0.15, 0.2) is 0 Å². The summed E-state index contributed by atoms with van der Waals surface area (Å²) in [5.74, 6) is 1.62. The molecule has 0 amide bonds. The molecular formula is C11H18OSi. The molecule has 0 aromatic heterocycles. The fraction of sp³-hybridized carbons (Fsp3) is 0.455. The van der Waals surface area contributed by atoms with Crippen molar-refractivity contribution in [2.45, 2.75) is 33.6 Å². The first-order valence-electron chi connectivity index (χ1n) is 4.72. The van der Waals surface area contributed by atoms with E-state index in [-0.39, 0.29) is 0 Å². The Labute approximate surface area is 83.7 Å². The van der Waals surface area contributed by atoms with Crippen LogP contribution in [0.15, 0.2) is 12.1 Å². The molecule has 1 rings (SSSR count). The van der Waals surface area contributed by atoms with E-state index in [0.717, 1.165) is 16.2 Å². The van der Waals surface area contributed by atoms with Gasteiger partial charge in [0.25, 0.3) is 0 Å². The molecule has 0 atom stereocenters. The lowest BCUT2D eigenvalue weighted by atomic mass is 9.94. The van der Waals surface area contributed by atoms with Crippen LogP contribution in [0.2, 0.25) is 0 Å². The Bertz CT molecular complexity index is 305. The van der Waals surface area contributed by atoms with Crippen molar-refractivity contribution in [3.05, 3.63) is 28.8 Å². The topological polar surface area (TPSA) is 9.23 Å². The van der Waals surface area contributed by atoms with Gasteiger partial charge in [-0.3, -0.25) is 0 Å². The lowest BCUT2D eigenvalue weighted by molar-refractivity contribution is 0.595. The maximum Gasteiger partial charge on any atom is 0.204 e. The lowest BCUT2D eigenvalue weighted by Crippen LogP contribution is -1.99. The van der Waals surface area contributed by atoms with E-state index in [1.165, 1.54) is 16.7 Å². The molecule has 2 heteroatoms. The van der Waals surface area contributed by atoms with E-state index in [0.29, 0.717) is 5.92 Å². The molecule has 1 aromatic rings. The van der Waals surface area contributed by atoms with Gasteiger partial charge in [-0.25, -0.2) is 0 Å². The highest BCUT2D eigenvalue weighted by Gasteiger charge is 2.10. The molecule has 0 bridgehead atoms. The third-order valence-corrected chi connectivity index (χ3v) is 2.98. The zero-order valence-corrected chi connectivity index (χ0v) is 11.1. The first kappa shape index (κ1) is 10.3. The van der Waals surface area contributed by atoms with Crippen molar-refractivity contribution in [3.8, 4) is 5.75 Å². The molecule has 1 nitrogen and oxygen atoms in total. The predicted octanol–water partition coefficient (Wildman–Crippen LogP) is 2.09. The third kappa shape index (κ3) is 1.94. The average molecular weight is 194 g/mol. The van der Waals surface area contributed by atoms with Crippen LogP contribution in [0.1, 0.15) is 36.5 Å². The zero-order chi connectivity index (χ0) is 10.0. The van der Waals surface area contributed by atoms with Crippen LogP contribution in [0.4, 0.5) is 0 Å². The Balaban J connectivity index is 3.32. The minimum Gasteiger partial charge on any atom is -0.553 e. The van der Waals surface area contributed by atoms with Crippen LogP contribution in [-0.4, -0.2) is 10.5 Å². The summed E-state index contributed by atoms with van der Waals surface area (Å²) in [6, 6.07) is 4.22. The van der Waals surface area contributed by atoms with Crippen molar-refractivity contribution in [1.29, 1.82) is 0 Å². The Morgan fingerprint density at radius 2 is 1.85 bits per heavy atom. The summed E-state index contributed by atoms with van der Waals surface area (Å²) in [6.45, 7) is 8.75. The molecule has 0 fully saturated rings. The van der Waals surface area contributed by atoms with Crippen molar-refractivity contribution >= 4 is 10.5 Å². The minimum absolute atomic E-state index is 0.545. The van der Waals surface area contributed by atoms with Gasteiger partial charge in [-0.1, -0.05) is 19.9 Å². The molecule has 72 valence electrons. The summed E-state index contributed by atoms with van der Waals surface area (Å²) in [5.41, 5.74) is 4.10. The normalized spacial score (nSPS) is 10.8. The number of aryl methyl sites for hydroxylation is 1. The van der Waals surface area contributed by atoms with Crippen LogP contribution in [0.25, 0.3) is 0 Å². The first-order valence-corrected chi connectivity index (χ1v) is 5.53. The fourth-order valence-corrected chi connectivity index (χ4v) is 2.06. The first-order chi connectivity index (χ1) is 6.07. The highest BCUT2D eigenvalue weighted by atomic mass is 28.2. The van der Waals surface area contributed by atoms with E-state index in [4.69, 9.17) is 4.43 Å².